The Labute approximate surface area is 148 Å². The number of nitrogens with one attached hydrogen (secondary N) is 1. The molecule has 0 aliphatic rings. The van der Waals surface area contributed by atoms with Gasteiger partial charge in [0.2, 0.25) is 5.91 Å². The first-order valence-electron chi connectivity index (χ1n) is 7.49. The average Bonchev–Trinajstić information content (AvgIpc) is 3.01. The van der Waals surface area contributed by atoms with Gasteiger partial charge in [-0.05, 0) is 48.8 Å². The van der Waals surface area contributed by atoms with Crippen molar-refractivity contribution in [3.63, 3.8) is 0 Å². The van der Waals surface area contributed by atoms with Gasteiger partial charge >= 0.3 is 0 Å². The number of aromatic nitrogens is 3. The van der Waals surface area contributed by atoms with E-state index < -0.39 is 0 Å². The molecule has 0 fully saturated rings. The minimum atomic E-state index is -0.301. The van der Waals surface area contributed by atoms with E-state index in [0.717, 1.165) is 17.0 Å². The summed E-state index contributed by atoms with van der Waals surface area (Å²) in [4.78, 5) is 28.5. The summed E-state index contributed by atoms with van der Waals surface area (Å²) in [5.74, 6) is 0.428. The Bertz CT molecular complexity index is 947. The van der Waals surface area contributed by atoms with Gasteiger partial charge in [0, 0.05) is 11.6 Å². The van der Waals surface area contributed by atoms with E-state index >= 15 is 0 Å². The van der Waals surface area contributed by atoms with E-state index in [-0.39, 0.29) is 18.0 Å². The lowest BCUT2D eigenvalue weighted by atomic mass is 10.1. The Balaban J connectivity index is 1.73. The lowest BCUT2D eigenvalue weighted by Gasteiger charge is -2.07. The van der Waals surface area contributed by atoms with Crippen molar-refractivity contribution in [2.45, 2.75) is 13.5 Å². The summed E-state index contributed by atoms with van der Waals surface area (Å²) < 4.78 is 10.5. The number of nitrogens with zero attached hydrogens (tertiary/aromatic N) is 3. The number of rotatable bonds is 5. The Morgan fingerprint density at radius 2 is 2.04 bits per heavy atom. The maximum Gasteiger partial charge on any atom is 0.254 e. The third kappa shape index (κ3) is 4.10. The number of carbonyl (C=O) groups excluding carboxylic acids is 1. The molecule has 2 heterocycles. The Morgan fingerprint density at radius 1 is 1.28 bits per heavy atom. The second-order valence-electron chi connectivity index (χ2n) is 5.35. The summed E-state index contributed by atoms with van der Waals surface area (Å²) in [5.41, 5.74) is 1.89. The molecule has 0 spiro atoms. The van der Waals surface area contributed by atoms with Crippen molar-refractivity contribution in [3.05, 3.63) is 58.8 Å². The summed E-state index contributed by atoms with van der Waals surface area (Å²) in [6, 6.07) is 10.4. The molecular weight excluding hydrogens is 340 g/mol. The predicted octanol–water partition coefficient (Wildman–Crippen LogP) is 2.32. The standard InChI is InChI=1S/C17H16N4O3S/c1-11-7-16(25-20-11)19-15(22)9-21-10-18-14(8-17(21)23)12-3-5-13(24-2)6-4-12/h3-8,10H,9H2,1-2H3,(H,19,22). The monoisotopic (exact) mass is 356 g/mol. The molecule has 25 heavy (non-hydrogen) atoms. The summed E-state index contributed by atoms with van der Waals surface area (Å²) in [6.45, 7) is 1.74. The summed E-state index contributed by atoms with van der Waals surface area (Å²) in [6.07, 6.45) is 1.37. The van der Waals surface area contributed by atoms with Crippen molar-refractivity contribution in [2.24, 2.45) is 0 Å². The van der Waals surface area contributed by atoms with Crippen LogP contribution in [0.15, 0.2) is 47.5 Å². The van der Waals surface area contributed by atoms with Crippen LogP contribution in [-0.4, -0.2) is 26.9 Å². The van der Waals surface area contributed by atoms with Crippen LogP contribution in [0, 0.1) is 6.92 Å². The molecule has 8 heteroatoms. The molecule has 0 saturated heterocycles. The first kappa shape index (κ1) is 16.8. The maximum atomic E-state index is 12.2. The van der Waals surface area contributed by atoms with Crippen molar-refractivity contribution in [2.75, 3.05) is 12.4 Å². The highest BCUT2D eigenvalue weighted by Gasteiger charge is 2.09. The number of hydrogen-bond acceptors (Lipinski definition) is 6. The first-order valence-corrected chi connectivity index (χ1v) is 8.26. The van der Waals surface area contributed by atoms with Crippen LogP contribution in [-0.2, 0) is 11.3 Å². The summed E-state index contributed by atoms with van der Waals surface area (Å²) in [5, 5.41) is 3.36. The minimum Gasteiger partial charge on any atom is -0.497 e. The third-order valence-electron chi connectivity index (χ3n) is 3.47. The highest BCUT2D eigenvalue weighted by molar-refractivity contribution is 7.10. The normalized spacial score (nSPS) is 10.5. The van der Waals surface area contributed by atoms with Crippen molar-refractivity contribution < 1.29 is 9.53 Å². The second kappa shape index (κ2) is 7.27. The molecule has 3 aromatic rings. The molecule has 0 aliphatic heterocycles. The van der Waals surface area contributed by atoms with E-state index in [9.17, 15) is 9.59 Å². The smallest absolute Gasteiger partial charge is 0.254 e. The van der Waals surface area contributed by atoms with Gasteiger partial charge in [-0.1, -0.05) is 0 Å². The van der Waals surface area contributed by atoms with Crippen LogP contribution < -0.4 is 15.6 Å². The number of benzene rings is 1. The van der Waals surface area contributed by atoms with E-state index in [2.05, 4.69) is 14.7 Å². The molecule has 0 unspecified atom stereocenters. The van der Waals surface area contributed by atoms with Gasteiger partial charge in [0.1, 0.15) is 17.3 Å². The molecule has 0 saturated carbocycles. The zero-order valence-electron chi connectivity index (χ0n) is 13.7. The Hall–Kier alpha value is -3.00. The quantitative estimate of drug-likeness (QED) is 0.758. The number of carbonyl (C=O) groups is 1. The van der Waals surface area contributed by atoms with Gasteiger partial charge in [0.15, 0.2) is 0 Å². The fourth-order valence-electron chi connectivity index (χ4n) is 2.22. The SMILES string of the molecule is COc1ccc(-c2cc(=O)n(CC(=O)Nc3cc(C)ns3)cn2)cc1. The van der Waals surface area contributed by atoms with E-state index in [1.54, 1.807) is 25.3 Å². The zero-order chi connectivity index (χ0) is 17.8. The van der Waals surface area contributed by atoms with Crippen LogP contribution in [0.25, 0.3) is 11.3 Å². The second-order valence-corrected chi connectivity index (χ2v) is 6.15. The largest absolute Gasteiger partial charge is 0.497 e. The molecule has 3 rings (SSSR count). The fraction of sp³-hybridized carbons (Fsp3) is 0.176. The van der Waals surface area contributed by atoms with Gasteiger partial charge in [-0.2, -0.15) is 4.37 Å². The number of methoxy groups -OCH3 is 1. The van der Waals surface area contributed by atoms with Gasteiger partial charge in [-0.15, -0.1) is 0 Å². The van der Waals surface area contributed by atoms with Gasteiger partial charge in [0.05, 0.1) is 24.8 Å². The Morgan fingerprint density at radius 3 is 2.64 bits per heavy atom. The molecule has 1 amide bonds. The molecule has 0 bridgehead atoms. The van der Waals surface area contributed by atoms with Gasteiger partial charge in [-0.3, -0.25) is 14.2 Å². The fourth-order valence-corrected chi connectivity index (χ4v) is 2.90. The van der Waals surface area contributed by atoms with Gasteiger partial charge < -0.3 is 10.1 Å². The zero-order valence-corrected chi connectivity index (χ0v) is 14.5. The van der Waals surface area contributed by atoms with Crippen molar-refractivity contribution in [3.8, 4) is 17.0 Å². The lowest BCUT2D eigenvalue weighted by molar-refractivity contribution is -0.116. The lowest BCUT2D eigenvalue weighted by Crippen LogP contribution is -2.27. The van der Waals surface area contributed by atoms with Crippen LogP contribution in [0.1, 0.15) is 5.69 Å². The molecule has 2 aromatic heterocycles. The molecule has 1 aromatic carbocycles. The van der Waals surface area contributed by atoms with Gasteiger partial charge in [-0.25, -0.2) is 4.98 Å². The van der Waals surface area contributed by atoms with E-state index in [1.165, 1.54) is 28.5 Å². The number of anilines is 1. The number of amides is 1. The van der Waals surface area contributed by atoms with E-state index in [4.69, 9.17) is 4.74 Å². The topological polar surface area (TPSA) is 86.1 Å². The predicted molar refractivity (Wildman–Crippen MR) is 96.0 cm³/mol. The van der Waals surface area contributed by atoms with Crippen LogP contribution >= 0.6 is 11.5 Å². The van der Waals surface area contributed by atoms with Crippen LogP contribution in [0.4, 0.5) is 5.00 Å². The molecule has 7 nitrogen and oxygen atoms in total. The Kier molecular flexibility index (Phi) is 4.90. The maximum absolute atomic E-state index is 12.2. The molecular formula is C17H16N4O3S. The van der Waals surface area contributed by atoms with E-state index in [0.29, 0.717) is 10.7 Å². The third-order valence-corrected chi connectivity index (χ3v) is 4.27. The van der Waals surface area contributed by atoms with Crippen molar-refractivity contribution in [1.29, 1.82) is 0 Å². The van der Waals surface area contributed by atoms with Gasteiger partial charge in [0.25, 0.3) is 5.56 Å². The van der Waals surface area contributed by atoms with Crippen molar-refractivity contribution in [1.82, 2.24) is 13.9 Å². The van der Waals surface area contributed by atoms with E-state index in [1.807, 2.05) is 19.1 Å². The highest BCUT2D eigenvalue weighted by Crippen LogP contribution is 2.19. The number of hydrogen-bond donors (Lipinski definition) is 1. The molecule has 1 N–H and O–H groups in total. The summed E-state index contributed by atoms with van der Waals surface area (Å²) >= 11 is 1.20. The van der Waals surface area contributed by atoms with Crippen molar-refractivity contribution >= 4 is 22.4 Å². The molecule has 128 valence electrons. The van der Waals surface area contributed by atoms with Crippen LogP contribution in [0.2, 0.25) is 0 Å². The summed E-state index contributed by atoms with van der Waals surface area (Å²) in [7, 11) is 1.59. The number of aryl methyl sites for hydroxylation is 1. The minimum absolute atomic E-state index is 0.105. The average molecular weight is 356 g/mol. The van der Waals surface area contributed by atoms with Crippen LogP contribution in [0.5, 0.6) is 5.75 Å². The molecule has 0 aliphatic carbocycles. The first-order chi connectivity index (χ1) is 12.0. The molecule has 0 radical (unpaired) electrons. The number of ether oxygens (including phenoxy) is 1. The highest BCUT2D eigenvalue weighted by atomic mass is 32.1. The van der Waals surface area contributed by atoms with Crippen LogP contribution in [0.3, 0.4) is 0 Å². The molecule has 0 atom stereocenters.